The molecule has 0 fully saturated rings. The van der Waals surface area contributed by atoms with E-state index in [0.717, 1.165) is 17.6 Å². The highest BCUT2D eigenvalue weighted by atomic mass is 14.0. The van der Waals surface area contributed by atoms with Crippen LogP contribution in [0, 0.1) is 11.8 Å². The van der Waals surface area contributed by atoms with Crippen LogP contribution in [0.2, 0.25) is 0 Å². The zero-order valence-corrected chi connectivity index (χ0v) is 9.64. The SMILES string of the molecule is C=C(C)c1ccccc1C#CCCCC. The van der Waals surface area contributed by atoms with Gasteiger partial charge in [0.15, 0.2) is 0 Å². The second kappa shape index (κ2) is 6.09. The first-order valence-electron chi connectivity index (χ1n) is 5.49. The van der Waals surface area contributed by atoms with Crippen molar-refractivity contribution in [2.45, 2.75) is 33.1 Å². The highest BCUT2D eigenvalue weighted by Gasteiger charge is 1.97. The lowest BCUT2D eigenvalue weighted by molar-refractivity contribution is 0.828. The molecule has 0 aliphatic heterocycles. The molecule has 15 heavy (non-hydrogen) atoms. The van der Waals surface area contributed by atoms with Gasteiger partial charge in [0.25, 0.3) is 0 Å². The monoisotopic (exact) mass is 198 g/mol. The van der Waals surface area contributed by atoms with Crippen LogP contribution in [0.1, 0.15) is 44.2 Å². The van der Waals surface area contributed by atoms with Gasteiger partial charge in [0.1, 0.15) is 0 Å². The van der Waals surface area contributed by atoms with Crippen LogP contribution in [-0.2, 0) is 0 Å². The first kappa shape index (κ1) is 11.6. The summed E-state index contributed by atoms with van der Waals surface area (Å²) in [7, 11) is 0. The third-order valence-electron chi connectivity index (χ3n) is 2.27. The molecule has 0 saturated carbocycles. The fraction of sp³-hybridized carbons (Fsp3) is 0.333. The van der Waals surface area contributed by atoms with Gasteiger partial charge in [-0.3, -0.25) is 0 Å². The number of allylic oxidation sites excluding steroid dienone is 1. The molecule has 0 N–H and O–H groups in total. The second-order valence-electron chi connectivity index (χ2n) is 3.73. The van der Waals surface area contributed by atoms with Crippen molar-refractivity contribution >= 4 is 5.57 Å². The van der Waals surface area contributed by atoms with Crippen LogP contribution in [0.3, 0.4) is 0 Å². The standard InChI is InChI=1S/C15H18/c1-4-5-6-7-10-14-11-8-9-12-15(14)13(2)3/h8-9,11-12H,2,4-6H2,1,3H3. The normalized spacial score (nSPS) is 9.20. The van der Waals surface area contributed by atoms with Gasteiger partial charge in [0, 0.05) is 12.0 Å². The van der Waals surface area contributed by atoms with E-state index in [4.69, 9.17) is 0 Å². The van der Waals surface area contributed by atoms with Gasteiger partial charge >= 0.3 is 0 Å². The van der Waals surface area contributed by atoms with Crippen LogP contribution in [0.25, 0.3) is 5.57 Å². The Morgan fingerprint density at radius 3 is 2.73 bits per heavy atom. The lowest BCUT2D eigenvalue weighted by Gasteiger charge is -2.02. The zero-order chi connectivity index (χ0) is 11.1. The molecule has 0 amide bonds. The van der Waals surface area contributed by atoms with E-state index in [0.29, 0.717) is 0 Å². The molecule has 1 aromatic carbocycles. The summed E-state index contributed by atoms with van der Waals surface area (Å²) in [5.74, 6) is 6.43. The quantitative estimate of drug-likeness (QED) is 0.503. The molecule has 0 nitrogen and oxygen atoms in total. The summed E-state index contributed by atoms with van der Waals surface area (Å²) < 4.78 is 0. The molecule has 0 spiro atoms. The topological polar surface area (TPSA) is 0 Å². The fourth-order valence-corrected chi connectivity index (χ4v) is 1.39. The van der Waals surface area contributed by atoms with Gasteiger partial charge in [-0.05, 0) is 30.5 Å². The molecule has 1 rings (SSSR count). The smallest absolute Gasteiger partial charge is 0.0320 e. The van der Waals surface area contributed by atoms with Gasteiger partial charge in [-0.25, -0.2) is 0 Å². The number of unbranched alkanes of at least 4 members (excludes halogenated alkanes) is 2. The summed E-state index contributed by atoms with van der Waals surface area (Å²) in [6.45, 7) is 8.17. The molecule has 78 valence electrons. The zero-order valence-electron chi connectivity index (χ0n) is 9.64. The third-order valence-corrected chi connectivity index (χ3v) is 2.27. The van der Waals surface area contributed by atoms with Gasteiger partial charge in [0.05, 0.1) is 0 Å². The molecule has 0 heterocycles. The van der Waals surface area contributed by atoms with Crippen LogP contribution < -0.4 is 0 Å². The van der Waals surface area contributed by atoms with Crippen molar-refractivity contribution in [1.29, 1.82) is 0 Å². The first-order chi connectivity index (χ1) is 7.25. The molecule has 0 aliphatic rings. The van der Waals surface area contributed by atoms with Gasteiger partial charge in [-0.1, -0.05) is 50.0 Å². The summed E-state index contributed by atoms with van der Waals surface area (Å²) >= 11 is 0. The highest BCUT2D eigenvalue weighted by molar-refractivity contribution is 5.67. The molecule has 0 aromatic heterocycles. The van der Waals surface area contributed by atoms with Crippen molar-refractivity contribution in [3.63, 3.8) is 0 Å². The number of hydrogen-bond donors (Lipinski definition) is 0. The maximum atomic E-state index is 3.96. The van der Waals surface area contributed by atoms with Gasteiger partial charge < -0.3 is 0 Å². The molecule has 0 saturated heterocycles. The fourth-order valence-electron chi connectivity index (χ4n) is 1.39. The maximum absolute atomic E-state index is 3.96. The molecule has 0 heteroatoms. The van der Waals surface area contributed by atoms with Gasteiger partial charge in [0.2, 0.25) is 0 Å². The van der Waals surface area contributed by atoms with Gasteiger partial charge in [-0.15, -0.1) is 0 Å². The van der Waals surface area contributed by atoms with E-state index in [1.54, 1.807) is 0 Å². The van der Waals surface area contributed by atoms with Crippen molar-refractivity contribution in [2.75, 3.05) is 0 Å². The largest absolute Gasteiger partial charge is 0.0979 e. The van der Waals surface area contributed by atoms with Crippen molar-refractivity contribution in [1.82, 2.24) is 0 Å². The lowest BCUT2D eigenvalue weighted by atomic mass is 10.0. The van der Waals surface area contributed by atoms with Crippen LogP contribution >= 0.6 is 0 Å². The molecular formula is C15H18. The van der Waals surface area contributed by atoms with Crippen LogP contribution in [0.5, 0.6) is 0 Å². The Morgan fingerprint density at radius 2 is 2.07 bits per heavy atom. The lowest BCUT2D eigenvalue weighted by Crippen LogP contribution is -1.84. The summed E-state index contributed by atoms with van der Waals surface area (Å²) in [5.41, 5.74) is 3.35. The van der Waals surface area contributed by atoms with E-state index in [9.17, 15) is 0 Å². The molecule has 0 radical (unpaired) electrons. The van der Waals surface area contributed by atoms with E-state index in [-0.39, 0.29) is 0 Å². The van der Waals surface area contributed by atoms with Crippen molar-refractivity contribution < 1.29 is 0 Å². The predicted octanol–water partition coefficient (Wildman–Crippen LogP) is 4.26. The average Bonchev–Trinajstić information content (AvgIpc) is 2.25. The molecular weight excluding hydrogens is 180 g/mol. The van der Waals surface area contributed by atoms with E-state index in [1.165, 1.54) is 18.4 Å². The molecule has 0 unspecified atom stereocenters. The minimum atomic E-state index is 0.987. The Morgan fingerprint density at radius 1 is 1.33 bits per heavy atom. The van der Waals surface area contributed by atoms with Crippen molar-refractivity contribution in [3.8, 4) is 11.8 Å². The summed E-state index contributed by atoms with van der Waals surface area (Å²) in [4.78, 5) is 0. The average molecular weight is 198 g/mol. The number of benzene rings is 1. The Bertz CT molecular complexity index is 388. The number of hydrogen-bond acceptors (Lipinski definition) is 0. The van der Waals surface area contributed by atoms with E-state index < -0.39 is 0 Å². The van der Waals surface area contributed by atoms with Gasteiger partial charge in [-0.2, -0.15) is 0 Å². The Balaban J connectivity index is 2.83. The van der Waals surface area contributed by atoms with Crippen LogP contribution in [-0.4, -0.2) is 0 Å². The van der Waals surface area contributed by atoms with Crippen molar-refractivity contribution in [3.05, 3.63) is 42.0 Å². The van der Waals surface area contributed by atoms with Crippen molar-refractivity contribution in [2.24, 2.45) is 0 Å². The molecule has 1 aromatic rings. The third kappa shape index (κ3) is 3.64. The van der Waals surface area contributed by atoms with E-state index in [2.05, 4.69) is 37.5 Å². The van der Waals surface area contributed by atoms with Crippen LogP contribution in [0.4, 0.5) is 0 Å². The Kier molecular flexibility index (Phi) is 4.71. The van der Waals surface area contributed by atoms with E-state index in [1.807, 2.05) is 19.1 Å². The minimum absolute atomic E-state index is 0.987. The van der Waals surface area contributed by atoms with Crippen LogP contribution in [0.15, 0.2) is 30.8 Å². The second-order valence-corrected chi connectivity index (χ2v) is 3.73. The summed E-state index contributed by atoms with van der Waals surface area (Å²) in [5, 5.41) is 0. The maximum Gasteiger partial charge on any atom is 0.0320 e. The molecule has 0 aliphatic carbocycles. The predicted molar refractivity (Wildman–Crippen MR) is 67.6 cm³/mol. The molecule has 0 atom stereocenters. The molecule has 0 bridgehead atoms. The highest BCUT2D eigenvalue weighted by Crippen LogP contribution is 2.15. The summed E-state index contributed by atoms with van der Waals surface area (Å²) in [6.07, 6.45) is 3.38. The minimum Gasteiger partial charge on any atom is -0.0979 e. The summed E-state index contributed by atoms with van der Waals surface area (Å²) in [6, 6.07) is 8.19. The Hall–Kier alpha value is -1.48. The number of rotatable bonds is 3. The Labute approximate surface area is 93.0 Å². The van der Waals surface area contributed by atoms with E-state index >= 15 is 0 Å². The first-order valence-corrected chi connectivity index (χ1v) is 5.49.